The summed E-state index contributed by atoms with van der Waals surface area (Å²) in [6.07, 6.45) is 5.82. The summed E-state index contributed by atoms with van der Waals surface area (Å²) >= 11 is 5.82. The average molecular weight is 294 g/mol. The number of rotatable bonds is 2. The second-order valence-electron chi connectivity index (χ2n) is 5.86. The van der Waals surface area contributed by atoms with E-state index in [4.69, 9.17) is 11.6 Å². The van der Waals surface area contributed by atoms with Crippen LogP contribution in [-0.4, -0.2) is 24.2 Å². The number of carbonyl (C=O) groups is 1. The molecule has 2 fully saturated rings. The summed E-state index contributed by atoms with van der Waals surface area (Å²) in [5.41, 5.74) is 1.07. The summed E-state index contributed by atoms with van der Waals surface area (Å²) in [5.74, 6) is 0. The maximum absolute atomic E-state index is 12.0. The Morgan fingerprint density at radius 1 is 1.30 bits per heavy atom. The molecule has 1 aromatic carbocycles. The summed E-state index contributed by atoms with van der Waals surface area (Å²) in [6, 6.07) is 7.28. The van der Waals surface area contributed by atoms with Crippen molar-refractivity contribution in [2.45, 2.75) is 43.7 Å². The summed E-state index contributed by atoms with van der Waals surface area (Å²) in [4.78, 5) is 12.0. The molecular weight excluding hydrogens is 274 g/mol. The predicted octanol–water partition coefficient (Wildman–Crippen LogP) is 3.14. The van der Waals surface area contributed by atoms with E-state index in [0.29, 0.717) is 10.6 Å². The van der Waals surface area contributed by atoms with Crippen LogP contribution in [-0.2, 0) is 0 Å². The van der Waals surface area contributed by atoms with Gasteiger partial charge in [-0.05, 0) is 62.9 Å². The summed E-state index contributed by atoms with van der Waals surface area (Å²) < 4.78 is 0. The number of piperidine rings is 1. The van der Waals surface area contributed by atoms with Crippen LogP contribution in [0.25, 0.3) is 0 Å². The first kappa shape index (κ1) is 13.7. The van der Waals surface area contributed by atoms with E-state index in [1.807, 2.05) is 0 Å². The van der Waals surface area contributed by atoms with Crippen molar-refractivity contribution in [1.82, 2.24) is 10.6 Å². The van der Waals surface area contributed by atoms with Crippen molar-refractivity contribution in [3.63, 3.8) is 0 Å². The Hall–Kier alpha value is -1.26. The van der Waals surface area contributed by atoms with Gasteiger partial charge in [0.25, 0.3) is 0 Å². The van der Waals surface area contributed by atoms with Crippen molar-refractivity contribution in [3.05, 3.63) is 29.3 Å². The highest BCUT2D eigenvalue weighted by molar-refractivity contribution is 6.30. The van der Waals surface area contributed by atoms with E-state index in [1.54, 1.807) is 24.3 Å². The fourth-order valence-electron chi connectivity index (χ4n) is 3.15. The van der Waals surface area contributed by atoms with Crippen LogP contribution in [0.1, 0.15) is 32.1 Å². The van der Waals surface area contributed by atoms with Gasteiger partial charge in [-0.2, -0.15) is 0 Å². The second kappa shape index (κ2) is 5.62. The van der Waals surface area contributed by atoms with E-state index in [1.165, 1.54) is 19.3 Å². The van der Waals surface area contributed by atoms with Gasteiger partial charge in [0.15, 0.2) is 0 Å². The maximum atomic E-state index is 12.0. The number of halogens is 1. The highest BCUT2D eigenvalue weighted by Crippen LogP contribution is 2.38. The van der Waals surface area contributed by atoms with Gasteiger partial charge in [0, 0.05) is 22.3 Å². The maximum Gasteiger partial charge on any atom is 0.319 e. The van der Waals surface area contributed by atoms with Crippen LogP contribution < -0.4 is 16.0 Å². The fourth-order valence-corrected chi connectivity index (χ4v) is 3.28. The van der Waals surface area contributed by atoms with Gasteiger partial charge in [0.05, 0.1) is 0 Å². The first-order chi connectivity index (χ1) is 9.65. The zero-order chi connectivity index (χ0) is 14.0. The minimum atomic E-state index is -0.131. The molecule has 1 saturated carbocycles. The third kappa shape index (κ3) is 3.07. The van der Waals surface area contributed by atoms with Crippen molar-refractivity contribution >= 4 is 23.3 Å². The van der Waals surface area contributed by atoms with E-state index in [0.717, 1.165) is 25.1 Å². The van der Waals surface area contributed by atoms with E-state index in [-0.39, 0.29) is 12.1 Å². The molecule has 0 radical (unpaired) electrons. The number of carbonyl (C=O) groups excluding carboxylic acids is 1. The number of hydrogen-bond acceptors (Lipinski definition) is 2. The predicted molar refractivity (Wildman–Crippen MR) is 81.2 cm³/mol. The Kier molecular flexibility index (Phi) is 3.85. The molecule has 2 amide bonds. The second-order valence-corrected chi connectivity index (χ2v) is 6.29. The van der Waals surface area contributed by atoms with Crippen molar-refractivity contribution in [2.24, 2.45) is 0 Å². The topological polar surface area (TPSA) is 53.2 Å². The van der Waals surface area contributed by atoms with Gasteiger partial charge in [0.1, 0.15) is 0 Å². The lowest BCUT2D eigenvalue weighted by molar-refractivity contribution is 0.122. The lowest BCUT2D eigenvalue weighted by Crippen LogP contribution is -2.60. The molecule has 20 heavy (non-hydrogen) atoms. The average Bonchev–Trinajstić information content (AvgIpc) is 2.40. The molecule has 2 aliphatic rings. The number of benzene rings is 1. The fraction of sp³-hybridized carbons (Fsp3) is 0.533. The molecule has 0 aromatic heterocycles. The molecule has 0 bridgehead atoms. The highest BCUT2D eigenvalue weighted by Gasteiger charge is 2.41. The molecule has 4 nitrogen and oxygen atoms in total. The van der Waals surface area contributed by atoms with Crippen molar-refractivity contribution in [3.8, 4) is 0 Å². The van der Waals surface area contributed by atoms with E-state index in [9.17, 15) is 4.79 Å². The third-order valence-electron chi connectivity index (χ3n) is 4.38. The number of nitrogens with one attached hydrogen (secondary N) is 3. The molecule has 1 saturated heterocycles. The Morgan fingerprint density at radius 2 is 2.05 bits per heavy atom. The normalized spacial score (nSPS) is 23.9. The highest BCUT2D eigenvalue weighted by atomic mass is 35.5. The molecule has 1 aromatic rings. The third-order valence-corrected chi connectivity index (χ3v) is 4.63. The molecule has 1 heterocycles. The van der Waals surface area contributed by atoms with Gasteiger partial charge >= 0.3 is 6.03 Å². The Bertz CT molecular complexity index is 484. The molecule has 1 atom stereocenters. The summed E-state index contributed by atoms with van der Waals surface area (Å²) in [5, 5.41) is 10.2. The summed E-state index contributed by atoms with van der Waals surface area (Å²) in [6.45, 7) is 0.992. The van der Waals surface area contributed by atoms with Crippen molar-refractivity contribution in [1.29, 1.82) is 0 Å². The van der Waals surface area contributed by atoms with E-state index in [2.05, 4.69) is 16.0 Å². The van der Waals surface area contributed by atoms with Gasteiger partial charge < -0.3 is 16.0 Å². The zero-order valence-electron chi connectivity index (χ0n) is 11.4. The van der Waals surface area contributed by atoms with Crippen LogP contribution in [0, 0.1) is 0 Å². The van der Waals surface area contributed by atoms with Crippen LogP contribution >= 0.6 is 11.6 Å². The molecule has 3 N–H and O–H groups in total. The monoisotopic (exact) mass is 293 g/mol. The van der Waals surface area contributed by atoms with Gasteiger partial charge in [-0.25, -0.2) is 4.79 Å². The largest absolute Gasteiger partial charge is 0.335 e. The molecule has 108 valence electrons. The molecule has 1 aliphatic carbocycles. The Labute approximate surface area is 124 Å². The number of anilines is 1. The minimum absolute atomic E-state index is 0.131. The molecule has 1 aliphatic heterocycles. The lowest BCUT2D eigenvalue weighted by atomic mass is 9.70. The van der Waals surface area contributed by atoms with Gasteiger partial charge in [-0.3, -0.25) is 0 Å². The van der Waals surface area contributed by atoms with Gasteiger partial charge in [-0.15, -0.1) is 0 Å². The van der Waals surface area contributed by atoms with Crippen LogP contribution in [0.4, 0.5) is 10.5 Å². The van der Waals surface area contributed by atoms with Crippen LogP contribution in [0.2, 0.25) is 5.02 Å². The summed E-state index contributed by atoms with van der Waals surface area (Å²) in [7, 11) is 0. The minimum Gasteiger partial charge on any atom is -0.335 e. The smallest absolute Gasteiger partial charge is 0.319 e. The number of amides is 2. The van der Waals surface area contributed by atoms with Gasteiger partial charge in [-0.1, -0.05) is 11.6 Å². The Morgan fingerprint density at radius 3 is 2.70 bits per heavy atom. The molecule has 5 heteroatoms. The SMILES string of the molecule is O=C(Nc1ccc(Cl)cc1)NC1CCNC2(CCC2)C1. The lowest BCUT2D eigenvalue weighted by Gasteiger charge is -2.48. The van der Waals surface area contributed by atoms with Crippen LogP contribution in [0.3, 0.4) is 0 Å². The Balaban J connectivity index is 1.52. The van der Waals surface area contributed by atoms with Crippen LogP contribution in [0.15, 0.2) is 24.3 Å². The zero-order valence-corrected chi connectivity index (χ0v) is 12.2. The first-order valence-corrected chi connectivity index (χ1v) is 7.61. The quantitative estimate of drug-likeness (QED) is 0.785. The number of urea groups is 1. The molecule has 1 spiro atoms. The number of hydrogen-bond donors (Lipinski definition) is 3. The van der Waals surface area contributed by atoms with Crippen molar-refractivity contribution in [2.75, 3.05) is 11.9 Å². The first-order valence-electron chi connectivity index (χ1n) is 7.23. The molecule has 3 rings (SSSR count). The van der Waals surface area contributed by atoms with Crippen LogP contribution in [0.5, 0.6) is 0 Å². The molecular formula is C15H20ClN3O. The molecule has 1 unspecified atom stereocenters. The van der Waals surface area contributed by atoms with Gasteiger partial charge in [0.2, 0.25) is 0 Å². The van der Waals surface area contributed by atoms with Crippen molar-refractivity contribution < 1.29 is 4.79 Å². The van der Waals surface area contributed by atoms with E-state index < -0.39 is 0 Å². The van der Waals surface area contributed by atoms with E-state index >= 15 is 0 Å². The standard InChI is InChI=1S/C15H20ClN3O/c16-11-2-4-12(5-3-11)18-14(20)19-13-6-9-17-15(10-13)7-1-8-15/h2-5,13,17H,1,6-10H2,(H2,18,19,20).